The molecule has 0 amide bonds. The molecular formula is C23H27FN2. The molecule has 2 aromatic carbocycles. The smallest absolute Gasteiger partial charge is 0.123 e. The molecule has 2 nitrogen and oxygen atoms in total. The minimum Gasteiger partial charge on any atom is -0.343 e. The van der Waals surface area contributed by atoms with E-state index in [4.69, 9.17) is 0 Å². The second-order valence-corrected chi connectivity index (χ2v) is 7.50. The number of hydrogen-bond acceptors (Lipinski definition) is 1. The Morgan fingerprint density at radius 1 is 0.923 bits per heavy atom. The third-order valence-corrected chi connectivity index (χ3v) is 5.57. The predicted octanol–water partition coefficient (Wildman–Crippen LogP) is 5.64. The van der Waals surface area contributed by atoms with E-state index >= 15 is 0 Å². The molecule has 1 heterocycles. The standard InChI is InChI=1S/C23H27FN2/c24-20-13-11-18(12-14-20)16-26-17-19(22-9-5-6-10-23(22)26)15-25-21-7-3-1-2-4-8-21/h5-6,9-14,17,21,25H,1-4,7-8,15-16H2. The predicted molar refractivity (Wildman–Crippen MR) is 106 cm³/mol. The van der Waals surface area contributed by atoms with Gasteiger partial charge in [0.05, 0.1) is 0 Å². The van der Waals surface area contributed by atoms with Crippen molar-refractivity contribution in [3.05, 3.63) is 71.7 Å². The molecule has 4 rings (SSSR count). The average molecular weight is 350 g/mol. The second kappa shape index (κ2) is 8.05. The van der Waals surface area contributed by atoms with E-state index in [9.17, 15) is 4.39 Å². The second-order valence-electron chi connectivity index (χ2n) is 7.50. The van der Waals surface area contributed by atoms with Gasteiger partial charge in [0.2, 0.25) is 0 Å². The quantitative estimate of drug-likeness (QED) is 0.589. The molecule has 1 saturated carbocycles. The summed E-state index contributed by atoms with van der Waals surface area (Å²) >= 11 is 0. The van der Waals surface area contributed by atoms with Crippen LogP contribution in [0, 0.1) is 5.82 Å². The molecule has 3 heteroatoms. The molecule has 0 spiro atoms. The molecule has 0 aliphatic heterocycles. The lowest BCUT2D eigenvalue weighted by molar-refractivity contribution is 0.459. The summed E-state index contributed by atoms with van der Waals surface area (Å²) in [6.45, 7) is 1.69. The lowest BCUT2D eigenvalue weighted by Crippen LogP contribution is -2.27. The number of nitrogens with one attached hydrogen (secondary N) is 1. The first-order valence-corrected chi connectivity index (χ1v) is 9.84. The van der Waals surface area contributed by atoms with Gasteiger partial charge in [0.1, 0.15) is 5.82 Å². The van der Waals surface area contributed by atoms with Crippen LogP contribution in [0.25, 0.3) is 10.9 Å². The highest BCUT2D eigenvalue weighted by Crippen LogP contribution is 2.24. The van der Waals surface area contributed by atoms with Crippen LogP contribution in [0.4, 0.5) is 4.39 Å². The Labute approximate surface area is 155 Å². The topological polar surface area (TPSA) is 17.0 Å². The molecule has 3 aromatic rings. The molecule has 0 saturated heterocycles. The van der Waals surface area contributed by atoms with Gasteiger partial charge in [-0.05, 0) is 42.2 Å². The van der Waals surface area contributed by atoms with E-state index in [0.29, 0.717) is 6.04 Å². The van der Waals surface area contributed by atoms with Crippen molar-refractivity contribution in [2.75, 3.05) is 0 Å². The van der Waals surface area contributed by atoms with Gasteiger partial charge in [-0.2, -0.15) is 0 Å². The zero-order valence-corrected chi connectivity index (χ0v) is 15.3. The van der Waals surface area contributed by atoms with E-state index in [2.05, 4.69) is 40.3 Å². The van der Waals surface area contributed by atoms with Crippen molar-refractivity contribution in [1.82, 2.24) is 9.88 Å². The fourth-order valence-electron chi connectivity index (χ4n) is 4.12. The summed E-state index contributed by atoms with van der Waals surface area (Å²) in [6.07, 6.45) is 10.3. The zero-order valence-electron chi connectivity index (χ0n) is 15.3. The number of hydrogen-bond donors (Lipinski definition) is 1. The van der Waals surface area contributed by atoms with Gasteiger partial charge in [0.15, 0.2) is 0 Å². The van der Waals surface area contributed by atoms with Gasteiger partial charge in [-0.15, -0.1) is 0 Å². The highest BCUT2D eigenvalue weighted by Gasteiger charge is 2.14. The Morgan fingerprint density at radius 3 is 2.42 bits per heavy atom. The monoisotopic (exact) mass is 350 g/mol. The van der Waals surface area contributed by atoms with Crippen LogP contribution >= 0.6 is 0 Å². The number of fused-ring (bicyclic) bond motifs is 1. The molecular weight excluding hydrogens is 323 g/mol. The summed E-state index contributed by atoms with van der Waals surface area (Å²) in [5, 5.41) is 5.11. The molecule has 0 bridgehead atoms. The highest BCUT2D eigenvalue weighted by molar-refractivity contribution is 5.84. The summed E-state index contributed by atoms with van der Waals surface area (Å²) in [7, 11) is 0. The highest BCUT2D eigenvalue weighted by atomic mass is 19.1. The number of benzene rings is 2. The Morgan fingerprint density at radius 2 is 1.65 bits per heavy atom. The Kier molecular flexibility index (Phi) is 5.35. The van der Waals surface area contributed by atoms with Gasteiger partial charge in [-0.3, -0.25) is 0 Å². The normalized spacial score (nSPS) is 16.0. The number of aromatic nitrogens is 1. The maximum Gasteiger partial charge on any atom is 0.123 e. The summed E-state index contributed by atoms with van der Waals surface area (Å²) in [6, 6.07) is 16.0. The lowest BCUT2D eigenvalue weighted by atomic mass is 10.1. The first-order valence-electron chi connectivity index (χ1n) is 9.84. The van der Waals surface area contributed by atoms with Gasteiger partial charge < -0.3 is 9.88 Å². The summed E-state index contributed by atoms with van der Waals surface area (Å²) in [5.41, 5.74) is 3.72. The molecule has 0 radical (unpaired) electrons. The van der Waals surface area contributed by atoms with E-state index in [-0.39, 0.29) is 5.82 Å². The van der Waals surface area contributed by atoms with Gasteiger partial charge >= 0.3 is 0 Å². The molecule has 1 aliphatic carbocycles. The number of nitrogens with zero attached hydrogens (tertiary/aromatic N) is 1. The number of rotatable bonds is 5. The molecule has 0 atom stereocenters. The van der Waals surface area contributed by atoms with Crippen LogP contribution in [-0.2, 0) is 13.1 Å². The molecule has 26 heavy (non-hydrogen) atoms. The van der Waals surface area contributed by atoms with Gasteiger partial charge in [0, 0.05) is 36.2 Å². The van der Waals surface area contributed by atoms with Crippen LogP contribution < -0.4 is 5.32 Å². The third-order valence-electron chi connectivity index (χ3n) is 5.57. The van der Waals surface area contributed by atoms with Gasteiger partial charge in [0.25, 0.3) is 0 Å². The fraction of sp³-hybridized carbons (Fsp3) is 0.391. The minimum absolute atomic E-state index is 0.181. The Hall–Kier alpha value is -2.13. The van der Waals surface area contributed by atoms with Gasteiger partial charge in [-0.1, -0.05) is 56.0 Å². The molecule has 1 aliphatic rings. The minimum atomic E-state index is -0.181. The maximum absolute atomic E-state index is 13.2. The molecule has 0 unspecified atom stereocenters. The number of para-hydroxylation sites is 1. The first-order chi connectivity index (χ1) is 12.8. The van der Waals surface area contributed by atoms with Crippen LogP contribution in [0.3, 0.4) is 0 Å². The van der Waals surface area contributed by atoms with E-state index in [1.165, 1.54) is 67.1 Å². The van der Waals surface area contributed by atoms with Crippen molar-refractivity contribution >= 4 is 10.9 Å². The third kappa shape index (κ3) is 3.99. The fourth-order valence-corrected chi connectivity index (χ4v) is 4.12. The van der Waals surface area contributed by atoms with Crippen molar-refractivity contribution in [1.29, 1.82) is 0 Å². The van der Waals surface area contributed by atoms with E-state index in [0.717, 1.165) is 18.7 Å². The Balaban J connectivity index is 1.54. The molecule has 1 N–H and O–H groups in total. The van der Waals surface area contributed by atoms with Crippen molar-refractivity contribution in [3.63, 3.8) is 0 Å². The van der Waals surface area contributed by atoms with Crippen LogP contribution in [0.5, 0.6) is 0 Å². The Bertz CT molecular complexity index is 842. The first kappa shape index (κ1) is 17.3. The largest absolute Gasteiger partial charge is 0.343 e. The van der Waals surface area contributed by atoms with Crippen molar-refractivity contribution in [3.8, 4) is 0 Å². The van der Waals surface area contributed by atoms with E-state index < -0.39 is 0 Å². The zero-order chi connectivity index (χ0) is 17.8. The van der Waals surface area contributed by atoms with E-state index in [1.807, 2.05) is 12.1 Å². The van der Waals surface area contributed by atoms with Crippen LogP contribution in [0.15, 0.2) is 54.7 Å². The van der Waals surface area contributed by atoms with Gasteiger partial charge in [-0.25, -0.2) is 4.39 Å². The summed E-state index contributed by atoms with van der Waals surface area (Å²) in [4.78, 5) is 0. The molecule has 136 valence electrons. The lowest BCUT2D eigenvalue weighted by Gasteiger charge is -2.15. The van der Waals surface area contributed by atoms with Crippen molar-refractivity contribution in [2.24, 2.45) is 0 Å². The SMILES string of the molecule is Fc1ccc(Cn2cc(CNC3CCCCCC3)c3ccccc32)cc1. The van der Waals surface area contributed by atoms with Crippen molar-refractivity contribution < 1.29 is 4.39 Å². The number of halogens is 1. The summed E-state index contributed by atoms with van der Waals surface area (Å²) < 4.78 is 15.5. The van der Waals surface area contributed by atoms with Crippen LogP contribution in [0.1, 0.15) is 49.7 Å². The van der Waals surface area contributed by atoms with Crippen LogP contribution in [-0.4, -0.2) is 10.6 Å². The molecule has 1 fully saturated rings. The molecule has 1 aromatic heterocycles. The average Bonchev–Trinajstić information content (AvgIpc) is 2.83. The van der Waals surface area contributed by atoms with Crippen molar-refractivity contribution in [2.45, 2.75) is 57.7 Å². The van der Waals surface area contributed by atoms with E-state index in [1.54, 1.807) is 0 Å². The maximum atomic E-state index is 13.2. The van der Waals surface area contributed by atoms with Crippen LogP contribution in [0.2, 0.25) is 0 Å². The summed E-state index contributed by atoms with van der Waals surface area (Å²) in [5.74, 6) is -0.181.